The van der Waals surface area contributed by atoms with E-state index in [9.17, 15) is 0 Å². The molecule has 4 fully saturated rings. The summed E-state index contributed by atoms with van der Waals surface area (Å²) in [5.74, 6) is 1.21. The van der Waals surface area contributed by atoms with Gasteiger partial charge in [-0.25, -0.2) is 0 Å². The first-order valence-electron chi connectivity index (χ1n) is 14.2. The summed E-state index contributed by atoms with van der Waals surface area (Å²) >= 11 is 0. The summed E-state index contributed by atoms with van der Waals surface area (Å²) in [4.78, 5) is 7.10. The molecule has 3 heterocycles. The van der Waals surface area contributed by atoms with Crippen molar-refractivity contribution in [2.24, 2.45) is 11.3 Å². The summed E-state index contributed by atoms with van der Waals surface area (Å²) < 4.78 is 7.52. The summed E-state index contributed by atoms with van der Waals surface area (Å²) in [5, 5.41) is 2.57. The van der Waals surface area contributed by atoms with Crippen LogP contribution >= 0.6 is 0 Å². The van der Waals surface area contributed by atoms with Crippen molar-refractivity contribution in [3.63, 3.8) is 0 Å². The number of fused-ring (bicyclic) bond motifs is 2. The highest BCUT2D eigenvalue weighted by Crippen LogP contribution is 2.69. The fourth-order valence-corrected chi connectivity index (χ4v) is 9.38. The summed E-state index contributed by atoms with van der Waals surface area (Å²) in [7, 11) is 2.38. The third-order valence-corrected chi connectivity index (χ3v) is 11.4. The molecule has 35 heavy (non-hydrogen) atoms. The Morgan fingerprint density at radius 3 is 2.80 bits per heavy atom. The van der Waals surface area contributed by atoms with Gasteiger partial charge in [0, 0.05) is 29.9 Å². The maximum Gasteiger partial charge on any atom is 0.0974 e. The van der Waals surface area contributed by atoms with Crippen LogP contribution in [0.15, 0.2) is 60.0 Å². The van der Waals surface area contributed by atoms with Crippen molar-refractivity contribution in [2.75, 3.05) is 7.05 Å². The van der Waals surface area contributed by atoms with Crippen LogP contribution in [-0.4, -0.2) is 40.2 Å². The lowest BCUT2D eigenvalue weighted by atomic mass is 9.58. The fraction of sp³-hybridized carbons (Fsp3) is 0.594. The Labute approximate surface area is 209 Å². The smallest absolute Gasteiger partial charge is 0.0974 e. The minimum absolute atomic E-state index is 0.00830. The quantitative estimate of drug-likeness (QED) is 0.490. The van der Waals surface area contributed by atoms with Gasteiger partial charge in [-0.05, 0) is 123 Å². The molecule has 2 bridgehead atoms. The number of benzene rings is 1. The second kappa shape index (κ2) is 7.07. The number of aromatic nitrogens is 1. The fourth-order valence-electron chi connectivity index (χ4n) is 9.38. The number of rotatable bonds is 3. The monoisotopic (exact) mass is 466 g/mol. The third kappa shape index (κ3) is 2.83. The Balaban J connectivity index is 1.15. The average molecular weight is 467 g/mol. The van der Waals surface area contributed by atoms with E-state index in [-0.39, 0.29) is 16.6 Å². The Morgan fingerprint density at radius 2 is 1.91 bits per heavy atom. The minimum Gasteiger partial charge on any atom is -0.359 e. The van der Waals surface area contributed by atoms with Gasteiger partial charge in [0.2, 0.25) is 0 Å². The van der Waals surface area contributed by atoms with Gasteiger partial charge in [-0.1, -0.05) is 31.2 Å². The number of hydrogen-bond acceptors (Lipinski definition) is 3. The summed E-state index contributed by atoms with van der Waals surface area (Å²) in [5.41, 5.74) is 4.89. The van der Waals surface area contributed by atoms with E-state index in [0.29, 0.717) is 17.9 Å². The van der Waals surface area contributed by atoms with Crippen LogP contribution in [0.3, 0.4) is 0 Å². The van der Waals surface area contributed by atoms with Crippen LogP contribution in [0.1, 0.15) is 82.6 Å². The lowest BCUT2D eigenvalue weighted by Gasteiger charge is -2.55. The first kappa shape index (κ1) is 21.1. The van der Waals surface area contributed by atoms with Crippen molar-refractivity contribution in [1.29, 1.82) is 0 Å². The largest absolute Gasteiger partial charge is 0.359 e. The molecule has 3 saturated carbocycles. The molecule has 0 radical (unpaired) electrons. The molecule has 1 aromatic carbocycles. The standard InChI is InChI=1S/C32H38N2O/c1-30-13-11-25-18-24-5-6-27(34(2)26-7-8-26)19-31(24)14-15-32(25,35-31)29(30)10-9-28(30)22-4-3-21-12-16-33-20-23(21)17-22/h3-4,11-12,16-18,20,26-29H,5-10,13-15,19H2,1-2H3/t27-,28?,29-,30?,31-,32-/m1/s1. The van der Waals surface area contributed by atoms with Gasteiger partial charge in [0.15, 0.2) is 0 Å². The average Bonchev–Trinajstić information content (AvgIpc) is 3.60. The Hall–Kier alpha value is -1.97. The number of pyridine rings is 1. The number of allylic oxidation sites excluding steroid dienone is 1. The lowest BCUT2D eigenvalue weighted by molar-refractivity contribution is -0.140. The highest BCUT2D eigenvalue weighted by atomic mass is 16.5. The molecule has 0 N–H and O–H groups in total. The second-order valence-electron chi connectivity index (χ2n) is 13.0. The van der Waals surface area contributed by atoms with Crippen LogP contribution in [-0.2, 0) is 4.74 Å². The molecule has 6 aliphatic rings. The van der Waals surface area contributed by atoms with E-state index in [0.717, 1.165) is 6.04 Å². The molecule has 4 aliphatic carbocycles. The van der Waals surface area contributed by atoms with Crippen LogP contribution < -0.4 is 0 Å². The van der Waals surface area contributed by atoms with E-state index in [1.807, 2.05) is 12.4 Å². The first-order valence-corrected chi connectivity index (χ1v) is 14.2. The van der Waals surface area contributed by atoms with Crippen LogP contribution in [0, 0.1) is 11.3 Å². The molecule has 182 valence electrons. The van der Waals surface area contributed by atoms with Crippen molar-refractivity contribution in [1.82, 2.24) is 9.88 Å². The van der Waals surface area contributed by atoms with Crippen molar-refractivity contribution in [2.45, 2.75) is 100 Å². The van der Waals surface area contributed by atoms with E-state index in [2.05, 4.69) is 60.3 Å². The Kier molecular flexibility index (Phi) is 4.27. The molecule has 1 saturated heterocycles. The SMILES string of the molecule is CN(C1CC1)[C@@H]1CCC2=CC3=CCC4(C)C(c5ccc6ccncc6c5)CC[C@H]4[C@@]34CC[C@]2(C1)O4. The van der Waals surface area contributed by atoms with Gasteiger partial charge in [-0.2, -0.15) is 0 Å². The van der Waals surface area contributed by atoms with Crippen LogP contribution in [0.5, 0.6) is 0 Å². The lowest BCUT2D eigenvalue weighted by Crippen LogP contribution is -2.55. The van der Waals surface area contributed by atoms with E-state index in [1.165, 1.54) is 80.5 Å². The molecule has 8 rings (SSSR count). The Morgan fingerprint density at radius 1 is 1.00 bits per heavy atom. The molecule has 2 unspecified atom stereocenters. The van der Waals surface area contributed by atoms with Gasteiger partial charge in [-0.15, -0.1) is 0 Å². The summed E-state index contributed by atoms with van der Waals surface area (Å²) in [6.07, 6.45) is 21.9. The van der Waals surface area contributed by atoms with E-state index < -0.39 is 0 Å². The summed E-state index contributed by atoms with van der Waals surface area (Å²) in [6.45, 7) is 2.59. The zero-order valence-electron chi connectivity index (χ0n) is 21.3. The molecule has 3 heteroatoms. The molecule has 0 amide bonds. The zero-order valence-corrected chi connectivity index (χ0v) is 21.3. The van der Waals surface area contributed by atoms with Gasteiger partial charge >= 0.3 is 0 Å². The first-order chi connectivity index (χ1) is 17.0. The van der Waals surface area contributed by atoms with E-state index >= 15 is 0 Å². The molecular weight excluding hydrogens is 428 g/mol. The molecule has 2 spiro atoms. The number of ether oxygens (including phenoxy) is 1. The third-order valence-electron chi connectivity index (χ3n) is 11.4. The second-order valence-corrected chi connectivity index (χ2v) is 13.0. The van der Waals surface area contributed by atoms with E-state index in [1.54, 1.807) is 11.1 Å². The molecule has 2 aliphatic heterocycles. The molecule has 6 atom stereocenters. The zero-order chi connectivity index (χ0) is 23.4. The topological polar surface area (TPSA) is 25.4 Å². The molecule has 3 nitrogen and oxygen atoms in total. The van der Waals surface area contributed by atoms with Crippen LogP contribution in [0.4, 0.5) is 0 Å². The van der Waals surface area contributed by atoms with Crippen molar-refractivity contribution in [3.05, 3.63) is 65.5 Å². The van der Waals surface area contributed by atoms with Gasteiger partial charge < -0.3 is 9.64 Å². The van der Waals surface area contributed by atoms with E-state index in [4.69, 9.17) is 4.74 Å². The minimum atomic E-state index is -0.0519. The van der Waals surface area contributed by atoms with Gasteiger partial charge in [0.1, 0.15) is 0 Å². The van der Waals surface area contributed by atoms with Gasteiger partial charge in [0.25, 0.3) is 0 Å². The predicted molar refractivity (Wildman–Crippen MR) is 140 cm³/mol. The van der Waals surface area contributed by atoms with Gasteiger partial charge in [-0.3, -0.25) is 4.98 Å². The van der Waals surface area contributed by atoms with Crippen molar-refractivity contribution in [3.8, 4) is 0 Å². The maximum absolute atomic E-state index is 7.52. The van der Waals surface area contributed by atoms with Crippen molar-refractivity contribution >= 4 is 10.8 Å². The maximum atomic E-state index is 7.52. The number of hydrogen-bond donors (Lipinski definition) is 0. The highest BCUT2D eigenvalue weighted by Gasteiger charge is 2.66. The molecule has 2 aromatic rings. The number of nitrogens with zero attached hydrogens (tertiary/aromatic N) is 2. The highest BCUT2D eigenvalue weighted by molar-refractivity contribution is 5.82. The summed E-state index contributed by atoms with van der Waals surface area (Å²) in [6, 6.07) is 10.8. The van der Waals surface area contributed by atoms with Crippen LogP contribution in [0.25, 0.3) is 10.8 Å². The normalized spacial score (nSPS) is 41.9. The van der Waals surface area contributed by atoms with Gasteiger partial charge in [0.05, 0.1) is 11.2 Å². The Bertz CT molecular complexity index is 1280. The van der Waals surface area contributed by atoms with Crippen LogP contribution in [0.2, 0.25) is 0 Å². The predicted octanol–water partition coefficient (Wildman–Crippen LogP) is 6.94. The van der Waals surface area contributed by atoms with Crippen molar-refractivity contribution < 1.29 is 4.74 Å². The molecule has 1 aromatic heterocycles. The molecular formula is C32H38N2O.